The van der Waals surface area contributed by atoms with Crippen LogP contribution in [-0.4, -0.2) is 19.9 Å². The van der Waals surface area contributed by atoms with Gasteiger partial charge < -0.3 is 5.32 Å². The molecule has 1 N–H and O–H groups in total. The number of nitrogens with one attached hydrogen (secondary N) is 1. The first-order valence-electron chi connectivity index (χ1n) is 9.26. The van der Waals surface area contributed by atoms with Gasteiger partial charge in [0.25, 0.3) is 0 Å². The number of thiophene rings is 1. The Morgan fingerprint density at radius 1 is 0.793 bits per heavy atom. The SMILES string of the molecule is c1ccc(-c2csc3nc(-c4cccnc4)nc(NCc4cccnc4)c23)cc1. The average molecular weight is 395 g/mol. The minimum Gasteiger partial charge on any atom is -0.365 e. The average Bonchev–Trinajstić information content (AvgIpc) is 3.24. The van der Waals surface area contributed by atoms with Crippen LogP contribution in [0.1, 0.15) is 5.56 Å². The molecule has 0 amide bonds. The predicted octanol–water partition coefficient (Wildman–Crippen LogP) is 5.43. The third-order valence-electron chi connectivity index (χ3n) is 4.62. The molecule has 5 nitrogen and oxygen atoms in total. The molecule has 5 aromatic rings. The molecule has 0 atom stereocenters. The summed E-state index contributed by atoms with van der Waals surface area (Å²) in [6.45, 7) is 0.635. The standard InChI is InChI=1S/C23H17N5S/c1-2-7-17(8-3-1)19-15-29-23-20(19)22(26-13-16-6-4-10-24-12-16)27-21(28-23)18-9-5-11-25-14-18/h1-12,14-15H,13H2,(H,26,27,28). The van der Waals surface area contributed by atoms with Crippen molar-refractivity contribution in [3.05, 3.63) is 90.3 Å². The molecule has 0 unspecified atom stereocenters. The van der Waals surface area contributed by atoms with Crippen LogP contribution >= 0.6 is 11.3 Å². The summed E-state index contributed by atoms with van der Waals surface area (Å²) in [6.07, 6.45) is 7.18. The second kappa shape index (κ2) is 7.77. The van der Waals surface area contributed by atoms with Crippen molar-refractivity contribution in [3.8, 4) is 22.5 Å². The zero-order valence-corrected chi connectivity index (χ0v) is 16.3. The Bertz CT molecular complexity index is 1240. The topological polar surface area (TPSA) is 63.6 Å². The molecule has 0 saturated carbocycles. The fourth-order valence-corrected chi connectivity index (χ4v) is 4.16. The fourth-order valence-electron chi connectivity index (χ4n) is 3.21. The lowest BCUT2D eigenvalue weighted by molar-refractivity contribution is 1.08. The molecule has 0 saturated heterocycles. The van der Waals surface area contributed by atoms with Gasteiger partial charge >= 0.3 is 0 Å². The van der Waals surface area contributed by atoms with Gasteiger partial charge in [-0.05, 0) is 29.3 Å². The summed E-state index contributed by atoms with van der Waals surface area (Å²) in [6, 6.07) is 18.2. The number of rotatable bonds is 5. The van der Waals surface area contributed by atoms with Crippen molar-refractivity contribution in [2.75, 3.05) is 5.32 Å². The van der Waals surface area contributed by atoms with Crippen molar-refractivity contribution in [2.45, 2.75) is 6.54 Å². The molecule has 0 aliphatic carbocycles. The maximum atomic E-state index is 4.87. The molecule has 1 aromatic carbocycles. The molecule has 0 radical (unpaired) electrons. The number of pyridine rings is 2. The van der Waals surface area contributed by atoms with Gasteiger partial charge in [0, 0.05) is 47.8 Å². The first kappa shape index (κ1) is 17.5. The number of hydrogen-bond acceptors (Lipinski definition) is 6. The van der Waals surface area contributed by atoms with Crippen LogP contribution in [-0.2, 0) is 6.54 Å². The maximum absolute atomic E-state index is 4.87. The second-order valence-corrected chi connectivity index (χ2v) is 7.41. The second-order valence-electron chi connectivity index (χ2n) is 6.55. The third-order valence-corrected chi connectivity index (χ3v) is 5.49. The number of hydrogen-bond donors (Lipinski definition) is 1. The van der Waals surface area contributed by atoms with Gasteiger partial charge in [-0.15, -0.1) is 11.3 Å². The molecule has 0 bridgehead atoms. The molecule has 0 aliphatic rings. The van der Waals surface area contributed by atoms with E-state index in [0.717, 1.165) is 38.3 Å². The Labute approximate surface area is 172 Å². The lowest BCUT2D eigenvalue weighted by Gasteiger charge is -2.11. The van der Waals surface area contributed by atoms with Gasteiger partial charge in [-0.1, -0.05) is 36.4 Å². The summed E-state index contributed by atoms with van der Waals surface area (Å²) in [5.74, 6) is 1.48. The molecule has 0 aliphatic heterocycles. The normalized spacial score (nSPS) is 10.9. The van der Waals surface area contributed by atoms with E-state index in [1.54, 1.807) is 29.9 Å². The van der Waals surface area contributed by atoms with Crippen LogP contribution in [0.5, 0.6) is 0 Å². The molecular weight excluding hydrogens is 378 g/mol. The van der Waals surface area contributed by atoms with Gasteiger partial charge in [0.1, 0.15) is 10.6 Å². The Kier molecular flexibility index (Phi) is 4.68. The lowest BCUT2D eigenvalue weighted by atomic mass is 10.1. The smallest absolute Gasteiger partial charge is 0.164 e. The van der Waals surface area contributed by atoms with Crippen LogP contribution in [0.15, 0.2) is 84.8 Å². The molecule has 4 aromatic heterocycles. The Hall–Kier alpha value is -3.64. The van der Waals surface area contributed by atoms with Crippen molar-refractivity contribution >= 4 is 27.4 Å². The van der Waals surface area contributed by atoms with E-state index in [4.69, 9.17) is 9.97 Å². The molecule has 0 spiro atoms. The highest BCUT2D eigenvalue weighted by molar-refractivity contribution is 7.17. The highest BCUT2D eigenvalue weighted by atomic mass is 32.1. The van der Waals surface area contributed by atoms with Crippen LogP contribution in [0, 0.1) is 0 Å². The molecular formula is C23H17N5S. The van der Waals surface area contributed by atoms with Crippen molar-refractivity contribution in [3.63, 3.8) is 0 Å². The molecule has 6 heteroatoms. The summed E-state index contributed by atoms with van der Waals surface area (Å²) >= 11 is 1.63. The molecule has 4 heterocycles. The van der Waals surface area contributed by atoms with E-state index in [0.29, 0.717) is 12.4 Å². The van der Waals surface area contributed by atoms with Crippen LogP contribution in [0.2, 0.25) is 0 Å². The monoisotopic (exact) mass is 395 g/mol. The summed E-state index contributed by atoms with van der Waals surface area (Å²) in [7, 11) is 0. The molecule has 140 valence electrons. The summed E-state index contributed by atoms with van der Waals surface area (Å²) in [5, 5.41) is 6.69. The van der Waals surface area contributed by atoms with Gasteiger partial charge in [-0.3, -0.25) is 9.97 Å². The van der Waals surface area contributed by atoms with E-state index >= 15 is 0 Å². The Morgan fingerprint density at radius 2 is 1.59 bits per heavy atom. The highest BCUT2D eigenvalue weighted by Crippen LogP contribution is 2.38. The number of anilines is 1. The number of fused-ring (bicyclic) bond motifs is 1. The minimum absolute atomic E-state index is 0.635. The van der Waals surface area contributed by atoms with Crippen LogP contribution in [0.4, 0.5) is 5.82 Å². The summed E-state index contributed by atoms with van der Waals surface area (Å²) in [5.41, 5.74) is 4.28. The molecule has 0 fully saturated rings. The van der Waals surface area contributed by atoms with Gasteiger partial charge in [0.2, 0.25) is 0 Å². The number of aromatic nitrogens is 4. The number of nitrogens with zero attached hydrogens (tertiary/aromatic N) is 4. The van der Waals surface area contributed by atoms with E-state index in [9.17, 15) is 0 Å². The maximum Gasteiger partial charge on any atom is 0.164 e. The van der Waals surface area contributed by atoms with Gasteiger partial charge in [0.15, 0.2) is 5.82 Å². The van der Waals surface area contributed by atoms with Crippen LogP contribution in [0.3, 0.4) is 0 Å². The summed E-state index contributed by atoms with van der Waals surface area (Å²) in [4.78, 5) is 19.1. The first-order valence-corrected chi connectivity index (χ1v) is 10.1. The summed E-state index contributed by atoms with van der Waals surface area (Å²) < 4.78 is 0. The predicted molar refractivity (Wildman–Crippen MR) is 118 cm³/mol. The third kappa shape index (κ3) is 3.58. The van der Waals surface area contributed by atoms with E-state index in [2.05, 4.69) is 32.8 Å². The zero-order valence-electron chi connectivity index (χ0n) is 15.5. The van der Waals surface area contributed by atoms with Gasteiger partial charge in [-0.25, -0.2) is 9.97 Å². The van der Waals surface area contributed by atoms with Gasteiger partial charge in [-0.2, -0.15) is 0 Å². The lowest BCUT2D eigenvalue weighted by Crippen LogP contribution is -2.04. The van der Waals surface area contributed by atoms with E-state index in [1.165, 1.54) is 0 Å². The van der Waals surface area contributed by atoms with E-state index < -0.39 is 0 Å². The van der Waals surface area contributed by atoms with Crippen molar-refractivity contribution in [1.29, 1.82) is 0 Å². The highest BCUT2D eigenvalue weighted by Gasteiger charge is 2.16. The molecule has 5 rings (SSSR count). The first-order chi connectivity index (χ1) is 14.4. The fraction of sp³-hybridized carbons (Fsp3) is 0.0435. The Morgan fingerprint density at radius 3 is 2.34 bits per heavy atom. The van der Waals surface area contributed by atoms with Crippen molar-refractivity contribution < 1.29 is 0 Å². The minimum atomic E-state index is 0.635. The Balaban J connectivity index is 1.64. The van der Waals surface area contributed by atoms with Gasteiger partial charge in [0.05, 0.1) is 5.39 Å². The van der Waals surface area contributed by atoms with E-state index in [1.807, 2.05) is 48.7 Å². The van der Waals surface area contributed by atoms with E-state index in [-0.39, 0.29) is 0 Å². The number of benzene rings is 1. The van der Waals surface area contributed by atoms with Crippen molar-refractivity contribution in [2.24, 2.45) is 0 Å². The van der Waals surface area contributed by atoms with Crippen LogP contribution in [0.25, 0.3) is 32.7 Å². The largest absolute Gasteiger partial charge is 0.365 e. The van der Waals surface area contributed by atoms with Crippen molar-refractivity contribution in [1.82, 2.24) is 19.9 Å². The molecule has 29 heavy (non-hydrogen) atoms. The van der Waals surface area contributed by atoms with Crippen LogP contribution < -0.4 is 5.32 Å². The quantitative estimate of drug-likeness (QED) is 0.430. The zero-order chi connectivity index (χ0) is 19.5.